The largest absolute Gasteiger partial charge is 0.322 e. The Morgan fingerprint density at radius 3 is 2.27 bits per heavy atom. The molecule has 156 valence electrons. The molecule has 0 aliphatic carbocycles. The minimum Gasteiger partial charge on any atom is -0.322 e. The summed E-state index contributed by atoms with van der Waals surface area (Å²) in [5.74, 6) is -1.50. The fourth-order valence-electron chi connectivity index (χ4n) is 3.15. The molecule has 5 nitrogen and oxygen atoms in total. The molecule has 0 aromatic heterocycles. The van der Waals surface area contributed by atoms with Gasteiger partial charge in [-0.25, -0.2) is 17.5 Å². The van der Waals surface area contributed by atoms with Crippen LogP contribution in [-0.4, -0.2) is 20.9 Å². The lowest BCUT2D eigenvalue weighted by atomic mass is 10.1. The third kappa shape index (κ3) is 5.52. The summed E-state index contributed by atoms with van der Waals surface area (Å²) in [7, 11) is -3.89. The predicted octanol–water partition coefficient (Wildman–Crippen LogP) is 4.22. The van der Waals surface area contributed by atoms with Crippen LogP contribution in [-0.2, 0) is 16.4 Å². The lowest BCUT2D eigenvalue weighted by molar-refractivity contribution is 0.102. The van der Waals surface area contributed by atoms with Gasteiger partial charge in [0.15, 0.2) is 0 Å². The molecule has 0 saturated heterocycles. The highest BCUT2D eigenvalue weighted by molar-refractivity contribution is 7.89. The number of rotatable bonds is 7. The molecule has 3 aromatic carbocycles. The first-order valence-corrected chi connectivity index (χ1v) is 11.0. The maximum atomic E-state index is 14.3. The van der Waals surface area contributed by atoms with Crippen LogP contribution in [0.15, 0.2) is 71.6 Å². The number of anilines is 1. The third-order valence-corrected chi connectivity index (χ3v) is 5.98. The van der Waals surface area contributed by atoms with E-state index in [4.69, 9.17) is 0 Å². The van der Waals surface area contributed by atoms with Crippen LogP contribution >= 0.6 is 0 Å². The van der Waals surface area contributed by atoms with Gasteiger partial charge in [-0.05, 0) is 67.3 Å². The second-order valence-corrected chi connectivity index (χ2v) is 8.87. The summed E-state index contributed by atoms with van der Waals surface area (Å²) < 4.78 is 41.9. The summed E-state index contributed by atoms with van der Waals surface area (Å²) in [5.41, 5.74) is 3.08. The Balaban J connectivity index is 1.75. The minimum absolute atomic E-state index is 0.164. The Bertz CT molecular complexity index is 1140. The number of sulfonamides is 1. The van der Waals surface area contributed by atoms with Crippen LogP contribution in [0.4, 0.5) is 10.1 Å². The monoisotopic (exact) mass is 426 g/mol. The maximum Gasteiger partial charge on any atom is 0.258 e. The molecular formula is C23H23FN2O3S. The number of aryl methyl sites for hydroxylation is 2. The molecule has 30 heavy (non-hydrogen) atoms. The Hall–Kier alpha value is -3.03. The van der Waals surface area contributed by atoms with Crippen molar-refractivity contribution in [2.45, 2.75) is 25.2 Å². The lowest BCUT2D eigenvalue weighted by Crippen LogP contribution is -2.26. The highest BCUT2D eigenvalue weighted by Crippen LogP contribution is 2.19. The van der Waals surface area contributed by atoms with Crippen molar-refractivity contribution in [3.05, 3.63) is 94.8 Å². The number of nitrogens with one attached hydrogen (secondary N) is 2. The molecule has 0 bridgehead atoms. The molecular weight excluding hydrogens is 403 g/mol. The number of amides is 1. The van der Waals surface area contributed by atoms with Gasteiger partial charge in [-0.2, -0.15) is 0 Å². The van der Waals surface area contributed by atoms with Crippen LogP contribution in [0.3, 0.4) is 0 Å². The van der Waals surface area contributed by atoms with Gasteiger partial charge >= 0.3 is 0 Å². The van der Waals surface area contributed by atoms with Gasteiger partial charge in [0.2, 0.25) is 10.0 Å². The van der Waals surface area contributed by atoms with E-state index in [1.54, 1.807) is 12.1 Å². The molecule has 3 aromatic rings. The first-order valence-electron chi connectivity index (χ1n) is 9.47. The molecule has 0 spiro atoms. The molecule has 0 aliphatic heterocycles. The van der Waals surface area contributed by atoms with E-state index < -0.39 is 21.7 Å². The normalized spacial score (nSPS) is 11.3. The zero-order chi connectivity index (χ0) is 21.7. The number of hydrogen-bond donors (Lipinski definition) is 2. The smallest absolute Gasteiger partial charge is 0.258 e. The summed E-state index contributed by atoms with van der Waals surface area (Å²) in [6, 6.07) is 18.1. The molecule has 3 rings (SSSR count). The number of halogens is 1. The second kappa shape index (κ2) is 9.19. The molecule has 0 saturated carbocycles. The standard InChI is InChI=1S/C23H23FN2O3S/c1-16-12-17(2)14-19(13-16)26-23(27)21-15-20(8-9-22(21)24)30(28,29)25-11-10-18-6-4-3-5-7-18/h3-9,12-15,25H,10-11H2,1-2H3,(H,26,27). The van der Waals surface area contributed by atoms with Crippen LogP contribution in [0, 0.1) is 19.7 Å². The number of carbonyl (C=O) groups is 1. The second-order valence-electron chi connectivity index (χ2n) is 7.11. The Morgan fingerprint density at radius 1 is 0.933 bits per heavy atom. The van der Waals surface area contributed by atoms with Crippen molar-refractivity contribution in [2.75, 3.05) is 11.9 Å². The molecule has 0 aliphatic rings. The van der Waals surface area contributed by atoms with Crippen molar-refractivity contribution in [2.24, 2.45) is 0 Å². The molecule has 0 atom stereocenters. The third-order valence-electron chi connectivity index (χ3n) is 4.52. The average Bonchev–Trinajstić information content (AvgIpc) is 2.68. The molecule has 2 N–H and O–H groups in total. The summed E-state index contributed by atoms with van der Waals surface area (Å²) in [6.45, 7) is 3.96. The quantitative estimate of drug-likeness (QED) is 0.594. The summed E-state index contributed by atoms with van der Waals surface area (Å²) >= 11 is 0. The first-order chi connectivity index (χ1) is 14.2. The average molecular weight is 427 g/mol. The van der Waals surface area contributed by atoms with Gasteiger partial charge in [-0.1, -0.05) is 36.4 Å². The van der Waals surface area contributed by atoms with E-state index in [0.717, 1.165) is 34.9 Å². The van der Waals surface area contributed by atoms with Gasteiger partial charge in [0.25, 0.3) is 5.91 Å². The van der Waals surface area contributed by atoms with Crippen molar-refractivity contribution in [1.29, 1.82) is 0 Å². The Morgan fingerprint density at radius 2 is 1.60 bits per heavy atom. The van der Waals surface area contributed by atoms with Gasteiger partial charge in [-0.15, -0.1) is 0 Å². The van der Waals surface area contributed by atoms with E-state index in [9.17, 15) is 17.6 Å². The van der Waals surface area contributed by atoms with Gasteiger partial charge in [0, 0.05) is 12.2 Å². The van der Waals surface area contributed by atoms with Crippen LogP contribution in [0.25, 0.3) is 0 Å². The van der Waals surface area contributed by atoms with E-state index in [2.05, 4.69) is 10.0 Å². The van der Waals surface area contributed by atoms with Crippen LogP contribution in [0.2, 0.25) is 0 Å². The summed E-state index contributed by atoms with van der Waals surface area (Å²) in [5, 5.41) is 2.63. The predicted molar refractivity (Wildman–Crippen MR) is 116 cm³/mol. The zero-order valence-electron chi connectivity index (χ0n) is 16.8. The van der Waals surface area contributed by atoms with Crippen LogP contribution in [0.1, 0.15) is 27.0 Å². The van der Waals surface area contributed by atoms with Gasteiger partial charge in [0.1, 0.15) is 5.82 Å². The Kier molecular flexibility index (Phi) is 6.64. The first kappa shape index (κ1) is 21.7. The topological polar surface area (TPSA) is 75.3 Å². The molecule has 0 unspecified atom stereocenters. The van der Waals surface area contributed by atoms with Gasteiger partial charge in [-0.3, -0.25) is 4.79 Å². The van der Waals surface area contributed by atoms with Crippen molar-refractivity contribution in [3.8, 4) is 0 Å². The van der Waals surface area contributed by atoms with E-state index in [-0.39, 0.29) is 17.0 Å². The summed E-state index contributed by atoms with van der Waals surface area (Å²) in [4.78, 5) is 12.4. The van der Waals surface area contributed by atoms with Gasteiger partial charge in [0.05, 0.1) is 10.5 Å². The molecule has 0 radical (unpaired) electrons. The number of benzene rings is 3. The van der Waals surface area contributed by atoms with E-state index in [1.807, 2.05) is 50.2 Å². The SMILES string of the molecule is Cc1cc(C)cc(NC(=O)c2cc(S(=O)(=O)NCCc3ccccc3)ccc2F)c1. The molecule has 0 fully saturated rings. The highest BCUT2D eigenvalue weighted by atomic mass is 32.2. The maximum absolute atomic E-state index is 14.3. The van der Waals surface area contributed by atoms with Crippen molar-refractivity contribution in [1.82, 2.24) is 4.72 Å². The molecule has 0 heterocycles. The van der Waals surface area contributed by atoms with Crippen molar-refractivity contribution in [3.63, 3.8) is 0 Å². The Labute approximate surface area is 176 Å². The lowest BCUT2D eigenvalue weighted by Gasteiger charge is -2.11. The fraction of sp³-hybridized carbons (Fsp3) is 0.174. The van der Waals surface area contributed by atoms with Crippen LogP contribution < -0.4 is 10.0 Å². The molecule has 7 heteroatoms. The van der Waals surface area contributed by atoms with Crippen LogP contribution in [0.5, 0.6) is 0 Å². The number of carbonyl (C=O) groups excluding carboxylic acids is 1. The zero-order valence-corrected chi connectivity index (χ0v) is 17.6. The van der Waals surface area contributed by atoms with Crippen molar-refractivity contribution >= 4 is 21.6 Å². The fourth-order valence-corrected chi connectivity index (χ4v) is 4.21. The van der Waals surface area contributed by atoms with E-state index in [0.29, 0.717) is 12.1 Å². The van der Waals surface area contributed by atoms with E-state index in [1.165, 1.54) is 0 Å². The number of hydrogen-bond acceptors (Lipinski definition) is 3. The highest BCUT2D eigenvalue weighted by Gasteiger charge is 2.19. The minimum atomic E-state index is -3.89. The summed E-state index contributed by atoms with van der Waals surface area (Å²) in [6.07, 6.45) is 0.515. The van der Waals surface area contributed by atoms with E-state index >= 15 is 0 Å². The van der Waals surface area contributed by atoms with Gasteiger partial charge < -0.3 is 5.32 Å². The molecule has 1 amide bonds. The van der Waals surface area contributed by atoms with Crippen molar-refractivity contribution < 1.29 is 17.6 Å².